The monoisotopic (exact) mass is 485 g/mol. The summed E-state index contributed by atoms with van der Waals surface area (Å²) in [6, 6.07) is 17.8. The predicted molar refractivity (Wildman–Crippen MR) is 121 cm³/mol. The average molecular weight is 485 g/mol. The van der Waals surface area contributed by atoms with Crippen LogP contribution in [0.2, 0.25) is 0 Å². The van der Waals surface area contributed by atoms with E-state index in [2.05, 4.69) is 10.4 Å². The van der Waals surface area contributed by atoms with Crippen molar-refractivity contribution < 1.29 is 26.7 Å². The van der Waals surface area contributed by atoms with Crippen LogP contribution in [0, 0.1) is 11.6 Å². The Morgan fingerprint density at radius 1 is 0.886 bits per heavy atom. The van der Waals surface area contributed by atoms with Crippen LogP contribution in [-0.2, 0) is 23.9 Å². The van der Waals surface area contributed by atoms with Crippen molar-refractivity contribution in [2.45, 2.75) is 25.6 Å². The summed E-state index contributed by atoms with van der Waals surface area (Å²) in [5, 5.41) is 7.18. The van der Waals surface area contributed by atoms with Crippen LogP contribution < -0.4 is 5.32 Å². The van der Waals surface area contributed by atoms with Crippen molar-refractivity contribution in [1.29, 1.82) is 0 Å². The lowest BCUT2D eigenvalue weighted by molar-refractivity contribution is -0.137. The highest BCUT2D eigenvalue weighted by molar-refractivity contribution is 5.76. The van der Waals surface area contributed by atoms with E-state index in [0.29, 0.717) is 28.2 Å². The van der Waals surface area contributed by atoms with Crippen LogP contribution in [0.5, 0.6) is 0 Å². The fraction of sp³-hybridized carbons (Fsp3) is 0.154. The second-order valence-electron chi connectivity index (χ2n) is 7.89. The van der Waals surface area contributed by atoms with Gasteiger partial charge < -0.3 is 5.32 Å². The minimum absolute atomic E-state index is 0.0852. The molecule has 0 atom stereocenters. The number of aryl methyl sites for hydroxylation is 1. The zero-order valence-electron chi connectivity index (χ0n) is 18.3. The molecule has 0 aliphatic rings. The fourth-order valence-corrected chi connectivity index (χ4v) is 3.57. The second kappa shape index (κ2) is 10.1. The van der Waals surface area contributed by atoms with E-state index in [1.807, 2.05) is 0 Å². The number of amides is 1. The largest absolute Gasteiger partial charge is 0.416 e. The van der Waals surface area contributed by atoms with Gasteiger partial charge in [0.25, 0.3) is 0 Å². The molecule has 1 aromatic heterocycles. The molecule has 0 unspecified atom stereocenters. The number of nitrogens with zero attached hydrogens (tertiary/aromatic N) is 2. The molecule has 0 aliphatic heterocycles. The molecule has 1 N–H and O–H groups in total. The quantitative estimate of drug-likeness (QED) is 0.322. The first-order valence-electron chi connectivity index (χ1n) is 10.7. The molecule has 4 nitrogen and oxygen atoms in total. The van der Waals surface area contributed by atoms with Crippen LogP contribution in [0.1, 0.15) is 23.2 Å². The van der Waals surface area contributed by atoms with E-state index >= 15 is 0 Å². The lowest BCUT2D eigenvalue weighted by Gasteiger charge is -2.10. The smallest absolute Gasteiger partial charge is 0.352 e. The van der Waals surface area contributed by atoms with E-state index < -0.39 is 23.4 Å². The lowest BCUT2D eigenvalue weighted by atomic mass is 10.1. The number of hydrogen-bond acceptors (Lipinski definition) is 2. The summed E-state index contributed by atoms with van der Waals surface area (Å²) < 4.78 is 67.4. The first-order chi connectivity index (χ1) is 16.7. The molecule has 0 aliphatic carbocycles. The maximum absolute atomic E-state index is 13.9. The number of carbonyl (C=O) groups excluding carboxylic acids is 1. The minimum atomic E-state index is -4.47. The molecule has 4 rings (SSSR count). The van der Waals surface area contributed by atoms with E-state index in [1.165, 1.54) is 47.1 Å². The summed E-state index contributed by atoms with van der Waals surface area (Å²) in [4.78, 5) is 12.3. The summed E-state index contributed by atoms with van der Waals surface area (Å²) >= 11 is 0. The zero-order chi connectivity index (χ0) is 25.0. The van der Waals surface area contributed by atoms with Gasteiger partial charge in [-0.15, -0.1) is 0 Å². The van der Waals surface area contributed by atoms with Crippen molar-refractivity contribution in [3.05, 3.63) is 107 Å². The standard InChI is InChI=1S/C26H20F5N3O/c27-20-5-1-3-17(13-20)16-32-25(35)12-9-22-15-24(18-4-2-6-21(28)14-18)34(33-22)23-10-7-19(8-11-23)26(29,30)31/h1-8,10-11,13-15H,9,12,16H2,(H,32,35). The number of hydrogen-bond donors (Lipinski definition) is 1. The Kier molecular flexibility index (Phi) is 6.95. The molecular formula is C26H20F5N3O. The molecule has 0 spiro atoms. The van der Waals surface area contributed by atoms with E-state index in [4.69, 9.17) is 0 Å². The van der Waals surface area contributed by atoms with Gasteiger partial charge in [0.15, 0.2) is 0 Å². The van der Waals surface area contributed by atoms with Crippen LogP contribution in [0.3, 0.4) is 0 Å². The Balaban J connectivity index is 1.53. The zero-order valence-corrected chi connectivity index (χ0v) is 18.3. The Morgan fingerprint density at radius 2 is 1.57 bits per heavy atom. The van der Waals surface area contributed by atoms with Gasteiger partial charge in [0, 0.05) is 24.9 Å². The molecule has 1 amide bonds. The maximum Gasteiger partial charge on any atom is 0.416 e. The Labute approximate surface area is 198 Å². The number of alkyl halides is 3. The topological polar surface area (TPSA) is 46.9 Å². The van der Waals surface area contributed by atoms with E-state index in [0.717, 1.165) is 12.1 Å². The molecule has 180 valence electrons. The third-order valence-electron chi connectivity index (χ3n) is 5.31. The third kappa shape index (κ3) is 6.11. The van der Waals surface area contributed by atoms with Crippen LogP contribution >= 0.6 is 0 Å². The van der Waals surface area contributed by atoms with Gasteiger partial charge in [-0.1, -0.05) is 24.3 Å². The van der Waals surface area contributed by atoms with Gasteiger partial charge in [0.05, 0.1) is 22.6 Å². The van der Waals surface area contributed by atoms with Gasteiger partial charge in [0.2, 0.25) is 5.91 Å². The summed E-state index contributed by atoms with van der Waals surface area (Å²) in [6.45, 7) is 0.172. The second-order valence-corrected chi connectivity index (χ2v) is 7.89. The molecule has 9 heteroatoms. The highest BCUT2D eigenvalue weighted by Gasteiger charge is 2.30. The Bertz CT molecular complexity index is 1330. The highest BCUT2D eigenvalue weighted by Crippen LogP contribution is 2.31. The van der Waals surface area contributed by atoms with Crippen molar-refractivity contribution in [1.82, 2.24) is 15.1 Å². The van der Waals surface area contributed by atoms with E-state index in [-0.39, 0.29) is 25.3 Å². The van der Waals surface area contributed by atoms with Crippen LogP contribution in [0.4, 0.5) is 22.0 Å². The van der Waals surface area contributed by atoms with Gasteiger partial charge in [0.1, 0.15) is 11.6 Å². The van der Waals surface area contributed by atoms with Crippen molar-refractivity contribution in [2.24, 2.45) is 0 Å². The van der Waals surface area contributed by atoms with Crippen LogP contribution in [0.25, 0.3) is 16.9 Å². The Morgan fingerprint density at radius 3 is 2.23 bits per heavy atom. The summed E-state index contributed by atoms with van der Waals surface area (Å²) in [5.74, 6) is -1.14. The minimum Gasteiger partial charge on any atom is -0.352 e. The van der Waals surface area contributed by atoms with Crippen molar-refractivity contribution in [3.63, 3.8) is 0 Å². The molecule has 0 saturated carbocycles. The molecule has 0 fully saturated rings. The highest BCUT2D eigenvalue weighted by atomic mass is 19.4. The number of nitrogens with one attached hydrogen (secondary N) is 1. The van der Waals surface area contributed by atoms with E-state index in [9.17, 15) is 26.7 Å². The third-order valence-corrected chi connectivity index (χ3v) is 5.31. The van der Waals surface area contributed by atoms with Gasteiger partial charge in [-0.05, 0) is 60.2 Å². The van der Waals surface area contributed by atoms with Gasteiger partial charge in [-0.3, -0.25) is 4.79 Å². The maximum atomic E-state index is 13.9. The number of aromatic nitrogens is 2. The summed E-state index contributed by atoms with van der Waals surface area (Å²) in [6.07, 6.45) is -4.15. The molecule has 1 heterocycles. The Hall–Kier alpha value is -4.01. The molecule has 3 aromatic carbocycles. The molecule has 0 saturated heterocycles. The number of rotatable bonds is 7. The SMILES string of the molecule is O=C(CCc1cc(-c2cccc(F)c2)n(-c2ccc(C(F)(F)F)cc2)n1)NCc1cccc(F)c1. The van der Waals surface area contributed by atoms with Crippen LogP contribution in [-0.4, -0.2) is 15.7 Å². The number of benzene rings is 3. The lowest BCUT2D eigenvalue weighted by Crippen LogP contribution is -2.23. The van der Waals surface area contributed by atoms with Gasteiger partial charge in [-0.2, -0.15) is 18.3 Å². The predicted octanol–water partition coefficient (Wildman–Crippen LogP) is 6.09. The number of carbonyl (C=O) groups is 1. The summed E-state index contributed by atoms with van der Waals surface area (Å²) in [7, 11) is 0. The van der Waals surface area contributed by atoms with Crippen molar-refractivity contribution >= 4 is 5.91 Å². The average Bonchev–Trinajstić information content (AvgIpc) is 3.25. The first-order valence-corrected chi connectivity index (χ1v) is 10.7. The molecule has 35 heavy (non-hydrogen) atoms. The van der Waals surface area contributed by atoms with Gasteiger partial charge >= 0.3 is 6.18 Å². The van der Waals surface area contributed by atoms with Crippen LogP contribution in [0.15, 0.2) is 78.9 Å². The molecule has 0 bridgehead atoms. The normalized spacial score (nSPS) is 11.5. The summed E-state index contributed by atoms with van der Waals surface area (Å²) in [5.41, 5.74) is 1.65. The van der Waals surface area contributed by atoms with Gasteiger partial charge in [-0.25, -0.2) is 13.5 Å². The van der Waals surface area contributed by atoms with E-state index in [1.54, 1.807) is 24.3 Å². The molecule has 0 radical (unpaired) electrons. The molecular weight excluding hydrogens is 465 g/mol. The van der Waals surface area contributed by atoms with Crippen molar-refractivity contribution in [3.8, 4) is 16.9 Å². The molecule has 4 aromatic rings. The first kappa shape index (κ1) is 24.1. The van der Waals surface area contributed by atoms with Crippen molar-refractivity contribution in [2.75, 3.05) is 0 Å². The fourth-order valence-electron chi connectivity index (χ4n) is 3.57. The number of halogens is 5.